The van der Waals surface area contributed by atoms with E-state index in [1.165, 1.54) is 6.07 Å². The summed E-state index contributed by atoms with van der Waals surface area (Å²) in [5.74, 6) is -0.941. The number of rotatable bonds is 3. The fourth-order valence-electron chi connectivity index (χ4n) is 1.73. The van der Waals surface area contributed by atoms with Gasteiger partial charge in [-0.2, -0.15) is 5.10 Å². The number of nitrogens with one attached hydrogen (secondary N) is 2. The van der Waals surface area contributed by atoms with E-state index in [9.17, 15) is 8.78 Å². The van der Waals surface area contributed by atoms with Gasteiger partial charge in [0.2, 0.25) is 0 Å². The number of halogens is 2. The van der Waals surface area contributed by atoms with Crippen LogP contribution in [-0.4, -0.2) is 15.7 Å². The van der Waals surface area contributed by atoms with Crippen LogP contribution in [0, 0.1) is 11.6 Å². The van der Waals surface area contributed by atoms with Gasteiger partial charge < -0.3 is 5.32 Å². The number of benzene rings is 1. The minimum atomic E-state index is -0.472. The van der Waals surface area contributed by atoms with Crippen LogP contribution in [0.25, 0.3) is 11.3 Å². The van der Waals surface area contributed by atoms with Gasteiger partial charge in [0.05, 0.1) is 11.9 Å². The quantitative estimate of drug-likeness (QED) is 0.894. The summed E-state index contributed by atoms with van der Waals surface area (Å²) in [4.78, 5) is 0. The highest BCUT2D eigenvalue weighted by atomic mass is 19.1. The van der Waals surface area contributed by atoms with E-state index in [-0.39, 0.29) is 11.1 Å². The molecule has 19 heavy (non-hydrogen) atoms. The van der Waals surface area contributed by atoms with E-state index in [1.54, 1.807) is 6.20 Å². The Morgan fingerprint density at radius 1 is 1.26 bits per heavy atom. The first-order valence-electron chi connectivity index (χ1n) is 6.09. The third-order valence-electron chi connectivity index (χ3n) is 2.72. The standard InChI is InChI=1S/C14H17F2N3/c1-14(2,3)17-7-9-8-18-19-13(9)11-6-10(15)4-5-12(11)16/h4-6,8,17H,7H2,1-3H3,(H,18,19). The molecule has 3 nitrogen and oxygen atoms in total. The van der Waals surface area contributed by atoms with Crippen molar-refractivity contribution in [3.63, 3.8) is 0 Å². The SMILES string of the molecule is CC(C)(C)NCc1cn[nH]c1-c1cc(F)ccc1F. The van der Waals surface area contributed by atoms with Crippen LogP contribution in [0.15, 0.2) is 24.4 Å². The van der Waals surface area contributed by atoms with Crippen molar-refractivity contribution >= 4 is 0 Å². The van der Waals surface area contributed by atoms with Gasteiger partial charge >= 0.3 is 0 Å². The molecule has 2 aromatic rings. The fraction of sp³-hybridized carbons (Fsp3) is 0.357. The highest BCUT2D eigenvalue weighted by Crippen LogP contribution is 2.25. The van der Waals surface area contributed by atoms with Crippen molar-refractivity contribution in [2.24, 2.45) is 0 Å². The molecule has 1 aromatic heterocycles. The molecule has 2 N–H and O–H groups in total. The highest BCUT2D eigenvalue weighted by Gasteiger charge is 2.15. The van der Waals surface area contributed by atoms with Gasteiger partial charge in [-0.25, -0.2) is 8.78 Å². The number of aromatic amines is 1. The van der Waals surface area contributed by atoms with Crippen LogP contribution in [0.1, 0.15) is 26.3 Å². The Kier molecular flexibility index (Phi) is 3.66. The lowest BCUT2D eigenvalue weighted by atomic mass is 10.1. The number of hydrogen-bond acceptors (Lipinski definition) is 2. The molecular weight excluding hydrogens is 248 g/mol. The number of aromatic nitrogens is 2. The van der Waals surface area contributed by atoms with Crippen LogP contribution in [0.5, 0.6) is 0 Å². The highest BCUT2D eigenvalue weighted by molar-refractivity contribution is 5.63. The molecule has 0 radical (unpaired) electrons. The molecular formula is C14H17F2N3. The van der Waals surface area contributed by atoms with E-state index >= 15 is 0 Å². The number of hydrogen-bond donors (Lipinski definition) is 2. The lowest BCUT2D eigenvalue weighted by molar-refractivity contribution is 0.424. The summed E-state index contributed by atoms with van der Waals surface area (Å²) in [5.41, 5.74) is 1.45. The van der Waals surface area contributed by atoms with E-state index in [0.29, 0.717) is 12.2 Å². The zero-order valence-electron chi connectivity index (χ0n) is 11.2. The van der Waals surface area contributed by atoms with E-state index < -0.39 is 11.6 Å². The molecule has 0 aliphatic carbocycles. The molecule has 0 unspecified atom stereocenters. The molecule has 0 saturated heterocycles. The first-order valence-corrected chi connectivity index (χ1v) is 6.09. The minimum absolute atomic E-state index is 0.0605. The first kappa shape index (κ1) is 13.7. The second-order valence-electron chi connectivity index (χ2n) is 5.50. The Hall–Kier alpha value is -1.75. The van der Waals surface area contributed by atoms with Crippen LogP contribution in [-0.2, 0) is 6.54 Å². The summed E-state index contributed by atoms with van der Waals surface area (Å²) >= 11 is 0. The van der Waals surface area contributed by atoms with Crippen molar-refractivity contribution in [3.05, 3.63) is 41.6 Å². The lowest BCUT2D eigenvalue weighted by Crippen LogP contribution is -2.35. The molecule has 0 bridgehead atoms. The monoisotopic (exact) mass is 265 g/mol. The molecule has 0 fully saturated rings. The average molecular weight is 265 g/mol. The molecule has 5 heteroatoms. The fourth-order valence-corrected chi connectivity index (χ4v) is 1.73. The average Bonchev–Trinajstić information content (AvgIpc) is 2.77. The van der Waals surface area contributed by atoms with Crippen molar-refractivity contribution in [1.29, 1.82) is 0 Å². The van der Waals surface area contributed by atoms with Crippen molar-refractivity contribution in [1.82, 2.24) is 15.5 Å². The van der Waals surface area contributed by atoms with Gasteiger partial charge in [-0.15, -0.1) is 0 Å². The molecule has 0 spiro atoms. The maximum Gasteiger partial charge on any atom is 0.132 e. The maximum absolute atomic E-state index is 13.8. The third kappa shape index (κ3) is 3.38. The summed E-state index contributed by atoms with van der Waals surface area (Å²) in [6.45, 7) is 6.64. The molecule has 0 aliphatic heterocycles. The Bertz CT molecular complexity index is 570. The molecule has 0 aliphatic rings. The van der Waals surface area contributed by atoms with E-state index in [2.05, 4.69) is 15.5 Å². The Morgan fingerprint density at radius 2 is 2.00 bits per heavy atom. The van der Waals surface area contributed by atoms with Gasteiger partial charge in [-0.3, -0.25) is 5.10 Å². The molecule has 102 valence electrons. The third-order valence-corrected chi connectivity index (χ3v) is 2.72. The number of nitrogens with zero attached hydrogens (tertiary/aromatic N) is 1. The Morgan fingerprint density at radius 3 is 2.68 bits per heavy atom. The summed E-state index contributed by atoms with van der Waals surface area (Å²) in [7, 11) is 0. The molecule has 2 rings (SSSR count). The minimum Gasteiger partial charge on any atom is -0.308 e. The summed E-state index contributed by atoms with van der Waals surface area (Å²) < 4.78 is 27.0. The van der Waals surface area contributed by atoms with Crippen LogP contribution in [0.3, 0.4) is 0 Å². The molecule has 1 heterocycles. The molecule has 0 amide bonds. The second-order valence-corrected chi connectivity index (χ2v) is 5.50. The smallest absolute Gasteiger partial charge is 0.132 e. The van der Waals surface area contributed by atoms with Crippen LogP contribution < -0.4 is 5.32 Å². The van der Waals surface area contributed by atoms with E-state index in [0.717, 1.165) is 17.7 Å². The lowest BCUT2D eigenvalue weighted by Gasteiger charge is -2.20. The van der Waals surface area contributed by atoms with Crippen molar-refractivity contribution in [3.8, 4) is 11.3 Å². The van der Waals surface area contributed by atoms with E-state index in [4.69, 9.17) is 0 Å². The van der Waals surface area contributed by atoms with Gasteiger partial charge in [0.1, 0.15) is 11.6 Å². The van der Waals surface area contributed by atoms with Crippen molar-refractivity contribution < 1.29 is 8.78 Å². The predicted molar refractivity (Wildman–Crippen MR) is 70.5 cm³/mol. The summed E-state index contributed by atoms with van der Waals surface area (Å²) in [5, 5.41) is 9.94. The van der Waals surface area contributed by atoms with E-state index in [1.807, 2.05) is 20.8 Å². The van der Waals surface area contributed by atoms with Crippen LogP contribution in [0.2, 0.25) is 0 Å². The first-order chi connectivity index (χ1) is 8.87. The predicted octanol–water partition coefficient (Wildman–Crippen LogP) is 3.24. The van der Waals surface area contributed by atoms with Crippen LogP contribution in [0.4, 0.5) is 8.78 Å². The molecule has 0 atom stereocenters. The largest absolute Gasteiger partial charge is 0.308 e. The topological polar surface area (TPSA) is 40.7 Å². The van der Waals surface area contributed by atoms with Gasteiger partial charge in [0, 0.05) is 23.2 Å². The zero-order valence-corrected chi connectivity index (χ0v) is 11.2. The normalized spacial score (nSPS) is 11.8. The zero-order chi connectivity index (χ0) is 14.0. The van der Waals surface area contributed by atoms with Gasteiger partial charge in [0.15, 0.2) is 0 Å². The Balaban J connectivity index is 2.31. The van der Waals surface area contributed by atoms with Crippen molar-refractivity contribution in [2.75, 3.05) is 0 Å². The van der Waals surface area contributed by atoms with Gasteiger partial charge in [-0.1, -0.05) is 0 Å². The number of H-pyrrole nitrogens is 1. The van der Waals surface area contributed by atoms with Gasteiger partial charge in [0.25, 0.3) is 0 Å². The van der Waals surface area contributed by atoms with Crippen LogP contribution >= 0.6 is 0 Å². The second kappa shape index (κ2) is 5.09. The van der Waals surface area contributed by atoms with Crippen molar-refractivity contribution in [2.45, 2.75) is 32.9 Å². The summed E-state index contributed by atoms with van der Waals surface area (Å²) in [6, 6.07) is 3.39. The molecule has 1 aromatic carbocycles. The van der Waals surface area contributed by atoms with Gasteiger partial charge in [-0.05, 0) is 39.0 Å². The summed E-state index contributed by atoms with van der Waals surface area (Å²) in [6.07, 6.45) is 1.62. The molecule has 0 saturated carbocycles. The maximum atomic E-state index is 13.8. The Labute approximate surface area is 111 Å².